The molecule has 2 aromatic carbocycles. The van der Waals surface area contributed by atoms with E-state index in [-0.39, 0.29) is 22.8 Å². The van der Waals surface area contributed by atoms with Crippen molar-refractivity contribution in [3.8, 4) is 11.1 Å². The Bertz CT molecular complexity index is 1440. The largest absolute Gasteiger partial charge is 0.481 e. The number of carboxylic acid groups (broad SMARTS) is 1. The molecular weight excluding hydrogens is 513 g/mol. The van der Waals surface area contributed by atoms with Gasteiger partial charge in [-0.2, -0.15) is 0 Å². The van der Waals surface area contributed by atoms with Crippen LogP contribution in [0.4, 0.5) is 4.39 Å². The highest BCUT2D eigenvalue weighted by molar-refractivity contribution is 7.90. The van der Waals surface area contributed by atoms with Gasteiger partial charge >= 0.3 is 5.97 Å². The number of aliphatic carboxylic acids is 1. The second-order valence-corrected chi connectivity index (χ2v) is 13.2. The molecule has 1 heterocycles. The van der Waals surface area contributed by atoms with Gasteiger partial charge < -0.3 is 10.4 Å². The average Bonchev–Trinajstić information content (AvgIpc) is 3.11. The lowest BCUT2D eigenvalue weighted by molar-refractivity contribution is -0.142. The van der Waals surface area contributed by atoms with Crippen LogP contribution in [0, 0.1) is 25.6 Å². The van der Waals surface area contributed by atoms with Gasteiger partial charge in [-0.05, 0) is 86.4 Å². The smallest absolute Gasteiger partial charge is 0.306 e. The summed E-state index contributed by atoms with van der Waals surface area (Å²) in [5.41, 5.74) is 3.78. The molecule has 1 aliphatic carbocycles. The Labute approximate surface area is 220 Å². The number of carbonyl (C=O) groups excluding carboxylic acids is 1. The Kier molecular flexibility index (Phi) is 7.85. The van der Waals surface area contributed by atoms with E-state index in [0.29, 0.717) is 48.8 Å². The van der Waals surface area contributed by atoms with Gasteiger partial charge in [-0.3, -0.25) is 9.59 Å². The van der Waals surface area contributed by atoms with Crippen LogP contribution < -0.4 is 5.32 Å². The Morgan fingerprint density at radius 1 is 1.00 bits per heavy atom. The molecule has 0 atom stereocenters. The number of carboxylic acids is 1. The maximum atomic E-state index is 14.1. The molecule has 37 heavy (non-hydrogen) atoms. The summed E-state index contributed by atoms with van der Waals surface area (Å²) < 4.78 is 37.9. The number of hydrogen-bond acceptors (Lipinski definition) is 5. The van der Waals surface area contributed by atoms with Gasteiger partial charge in [-0.15, -0.1) is 11.3 Å². The molecule has 0 aliphatic heterocycles. The molecule has 4 rings (SSSR count). The van der Waals surface area contributed by atoms with Gasteiger partial charge in [0, 0.05) is 22.1 Å². The third-order valence-corrected chi connectivity index (χ3v) is 9.15. The van der Waals surface area contributed by atoms with Gasteiger partial charge in [-0.1, -0.05) is 24.3 Å². The van der Waals surface area contributed by atoms with E-state index >= 15 is 0 Å². The van der Waals surface area contributed by atoms with Crippen LogP contribution in [0.15, 0.2) is 47.4 Å². The lowest BCUT2D eigenvalue weighted by atomic mass is 9.86. The van der Waals surface area contributed by atoms with Crippen molar-refractivity contribution in [1.82, 2.24) is 5.32 Å². The van der Waals surface area contributed by atoms with Crippen molar-refractivity contribution in [1.29, 1.82) is 0 Å². The molecule has 1 aromatic heterocycles. The number of rotatable bonds is 7. The molecule has 0 bridgehead atoms. The van der Waals surface area contributed by atoms with Crippen LogP contribution >= 0.6 is 11.3 Å². The summed E-state index contributed by atoms with van der Waals surface area (Å²) in [6.45, 7) is 3.93. The number of aryl methyl sites for hydroxylation is 2. The van der Waals surface area contributed by atoms with E-state index in [9.17, 15) is 27.5 Å². The lowest BCUT2D eigenvalue weighted by Gasteiger charge is -2.27. The number of halogens is 1. The van der Waals surface area contributed by atoms with Gasteiger partial charge in [0.2, 0.25) is 0 Å². The molecule has 0 spiro atoms. The van der Waals surface area contributed by atoms with Crippen molar-refractivity contribution < 1.29 is 27.5 Å². The van der Waals surface area contributed by atoms with Crippen LogP contribution in [0.1, 0.15) is 56.9 Å². The first-order valence-corrected chi connectivity index (χ1v) is 14.9. The number of thiophene rings is 1. The van der Waals surface area contributed by atoms with Crippen molar-refractivity contribution in [3.05, 3.63) is 74.7 Å². The number of benzene rings is 2. The van der Waals surface area contributed by atoms with Crippen LogP contribution in [-0.4, -0.2) is 37.7 Å². The lowest BCUT2D eigenvalue weighted by Crippen LogP contribution is -2.39. The van der Waals surface area contributed by atoms with Crippen LogP contribution in [0.3, 0.4) is 0 Å². The van der Waals surface area contributed by atoms with Crippen LogP contribution in [0.25, 0.3) is 11.1 Å². The van der Waals surface area contributed by atoms with Crippen LogP contribution in [0.2, 0.25) is 0 Å². The first-order chi connectivity index (χ1) is 17.4. The number of carbonyl (C=O) groups is 2. The molecule has 3 aromatic rings. The minimum absolute atomic E-state index is 0.0297. The van der Waals surface area contributed by atoms with E-state index in [4.69, 9.17) is 0 Å². The summed E-state index contributed by atoms with van der Waals surface area (Å²) in [6, 6.07) is 11.2. The van der Waals surface area contributed by atoms with Gasteiger partial charge in [0.05, 0.1) is 16.4 Å². The third-order valence-electron chi connectivity index (χ3n) is 6.99. The first-order valence-electron chi connectivity index (χ1n) is 12.1. The molecule has 9 heteroatoms. The van der Waals surface area contributed by atoms with Crippen molar-refractivity contribution in [2.45, 2.75) is 56.9 Å². The molecule has 1 saturated carbocycles. The minimum atomic E-state index is -3.54. The Morgan fingerprint density at radius 2 is 1.65 bits per heavy atom. The van der Waals surface area contributed by atoms with Crippen LogP contribution in [-0.2, 0) is 21.1 Å². The summed E-state index contributed by atoms with van der Waals surface area (Å²) in [7, 11) is -3.54. The fraction of sp³-hybridized carbons (Fsp3) is 0.357. The maximum Gasteiger partial charge on any atom is 0.306 e. The second-order valence-electron chi connectivity index (χ2n) is 9.75. The number of amides is 1. The molecule has 196 valence electrons. The molecule has 1 fully saturated rings. The van der Waals surface area contributed by atoms with Gasteiger partial charge in [0.1, 0.15) is 5.82 Å². The highest BCUT2D eigenvalue weighted by Crippen LogP contribution is 2.32. The molecule has 0 unspecified atom stereocenters. The van der Waals surface area contributed by atoms with E-state index in [1.54, 1.807) is 11.3 Å². The zero-order valence-electron chi connectivity index (χ0n) is 21.0. The Hall–Kier alpha value is -3.04. The normalized spacial score (nSPS) is 17.9. The standard InChI is InChI=1S/C28H30FNO5S2/c1-16-25(26(17(2)36-16)27(31)30-23-10-8-20(9-11-23)28(32)33)12-18-4-6-19(7-5-18)21-13-22(29)15-24(14-21)37(3,34)35/h4-7,13-15,20,23H,8-12H2,1-3H3,(H,30,31)(H,32,33). The maximum absolute atomic E-state index is 14.1. The summed E-state index contributed by atoms with van der Waals surface area (Å²) in [5.74, 6) is -1.84. The van der Waals surface area contributed by atoms with Crippen molar-refractivity contribution in [2.24, 2.45) is 5.92 Å². The topological polar surface area (TPSA) is 101 Å². The summed E-state index contributed by atoms with van der Waals surface area (Å²) in [5, 5.41) is 12.3. The molecule has 0 radical (unpaired) electrons. The van der Waals surface area contributed by atoms with Crippen molar-refractivity contribution in [2.75, 3.05) is 6.26 Å². The fourth-order valence-electron chi connectivity index (χ4n) is 4.95. The highest BCUT2D eigenvalue weighted by atomic mass is 32.2. The molecule has 1 aliphatic rings. The van der Waals surface area contributed by atoms with Gasteiger partial charge in [0.25, 0.3) is 5.91 Å². The van der Waals surface area contributed by atoms with Crippen molar-refractivity contribution >= 4 is 33.1 Å². The number of nitrogens with one attached hydrogen (secondary N) is 1. The quantitative estimate of drug-likeness (QED) is 0.408. The summed E-state index contributed by atoms with van der Waals surface area (Å²) >= 11 is 1.58. The Morgan fingerprint density at radius 3 is 2.24 bits per heavy atom. The van der Waals surface area contributed by atoms with E-state index in [0.717, 1.165) is 33.2 Å². The summed E-state index contributed by atoms with van der Waals surface area (Å²) in [6.07, 6.45) is 4.04. The predicted octanol–water partition coefficient (Wildman–Crippen LogP) is 5.54. The van der Waals surface area contributed by atoms with E-state index < -0.39 is 21.6 Å². The highest BCUT2D eigenvalue weighted by Gasteiger charge is 2.28. The fourth-order valence-corrected chi connectivity index (χ4v) is 6.69. The molecular formula is C28H30FNO5S2. The van der Waals surface area contributed by atoms with Gasteiger partial charge in [-0.25, -0.2) is 12.8 Å². The van der Waals surface area contributed by atoms with E-state index in [1.165, 1.54) is 12.1 Å². The monoisotopic (exact) mass is 543 g/mol. The number of sulfone groups is 1. The number of hydrogen-bond donors (Lipinski definition) is 2. The van der Waals surface area contributed by atoms with Gasteiger partial charge in [0.15, 0.2) is 9.84 Å². The summed E-state index contributed by atoms with van der Waals surface area (Å²) in [4.78, 5) is 26.4. The SMILES string of the molecule is Cc1sc(C)c(C(=O)NC2CCC(C(=O)O)CC2)c1Cc1ccc(-c2cc(F)cc(S(C)(=O)=O)c2)cc1. The second kappa shape index (κ2) is 10.8. The molecule has 2 N–H and O–H groups in total. The Balaban J connectivity index is 1.51. The molecule has 0 saturated heterocycles. The van der Waals surface area contributed by atoms with Crippen LogP contribution in [0.5, 0.6) is 0 Å². The minimum Gasteiger partial charge on any atom is -0.481 e. The first kappa shape index (κ1) is 27.0. The predicted molar refractivity (Wildman–Crippen MR) is 142 cm³/mol. The zero-order chi connectivity index (χ0) is 26.9. The average molecular weight is 544 g/mol. The molecule has 6 nitrogen and oxygen atoms in total. The molecule has 1 amide bonds. The third kappa shape index (κ3) is 6.27. The van der Waals surface area contributed by atoms with E-state index in [1.807, 2.05) is 38.1 Å². The van der Waals surface area contributed by atoms with Crippen molar-refractivity contribution in [3.63, 3.8) is 0 Å². The zero-order valence-corrected chi connectivity index (χ0v) is 22.6. The van der Waals surface area contributed by atoms with E-state index in [2.05, 4.69) is 5.32 Å².